The fourth-order valence-corrected chi connectivity index (χ4v) is 1.66. The molecule has 0 bridgehead atoms. The maximum Gasteiger partial charge on any atom is 0.226 e. The monoisotopic (exact) mass is 213 g/mol. The average molecular weight is 213 g/mol. The van der Waals surface area contributed by atoms with Gasteiger partial charge >= 0.3 is 0 Å². The van der Waals surface area contributed by atoms with Crippen LogP contribution in [0.15, 0.2) is 11.6 Å². The van der Waals surface area contributed by atoms with Gasteiger partial charge in [0.2, 0.25) is 5.91 Å². The van der Waals surface area contributed by atoms with Crippen molar-refractivity contribution in [1.82, 2.24) is 4.98 Å². The predicted molar refractivity (Wildman–Crippen MR) is 58.2 cm³/mol. The van der Waals surface area contributed by atoms with Crippen molar-refractivity contribution in [2.24, 2.45) is 11.7 Å². The summed E-state index contributed by atoms with van der Waals surface area (Å²) < 4.78 is 0. The van der Waals surface area contributed by atoms with Crippen molar-refractivity contribution in [3.8, 4) is 0 Å². The molecule has 4 nitrogen and oxygen atoms in total. The number of thiazole rings is 1. The number of nitrogens with zero attached hydrogens (tertiary/aromatic N) is 1. The average Bonchev–Trinajstić information content (AvgIpc) is 2.66. The zero-order chi connectivity index (χ0) is 10.4. The lowest BCUT2D eigenvalue weighted by molar-refractivity contribution is -0.117. The minimum absolute atomic E-state index is 0.00255. The summed E-state index contributed by atoms with van der Waals surface area (Å²) in [6.07, 6.45) is 3.08. The second kappa shape index (κ2) is 5.72. The fraction of sp³-hybridized carbons (Fsp3) is 0.556. The van der Waals surface area contributed by atoms with Gasteiger partial charge in [0.25, 0.3) is 0 Å². The molecule has 0 aliphatic carbocycles. The fourth-order valence-electron chi connectivity index (χ4n) is 1.11. The molecule has 0 aliphatic rings. The number of nitrogens with two attached hydrogens (primary N) is 1. The van der Waals surface area contributed by atoms with E-state index in [9.17, 15) is 4.79 Å². The number of hydrogen-bond donors (Lipinski definition) is 2. The Bertz CT molecular complexity index is 270. The Morgan fingerprint density at radius 1 is 1.79 bits per heavy atom. The Kier molecular flexibility index (Phi) is 4.55. The van der Waals surface area contributed by atoms with E-state index in [1.165, 1.54) is 11.3 Å². The van der Waals surface area contributed by atoms with Crippen LogP contribution in [0.1, 0.15) is 19.8 Å². The van der Waals surface area contributed by atoms with E-state index in [1.807, 2.05) is 12.3 Å². The van der Waals surface area contributed by atoms with Gasteiger partial charge < -0.3 is 11.1 Å². The molecule has 14 heavy (non-hydrogen) atoms. The first kappa shape index (κ1) is 11.1. The summed E-state index contributed by atoms with van der Waals surface area (Å²) in [4.78, 5) is 15.4. The number of aromatic nitrogens is 1. The van der Waals surface area contributed by atoms with Gasteiger partial charge in [0.15, 0.2) is 5.13 Å². The van der Waals surface area contributed by atoms with Crippen molar-refractivity contribution in [2.75, 3.05) is 11.9 Å². The molecule has 0 fully saturated rings. The molecule has 1 heterocycles. The molecule has 0 spiro atoms. The summed E-state index contributed by atoms with van der Waals surface area (Å²) in [5, 5.41) is 5.22. The molecule has 0 aliphatic heterocycles. The largest absolute Gasteiger partial charge is 0.330 e. The molecular weight excluding hydrogens is 198 g/mol. The maximum atomic E-state index is 11.4. The molecule has 78 valence electrons. The molecule has 0 saturated carbocycles. The zero-order valence-electron chi connectivity index (χ0n) is 8.19. The quantitative estimate of drug-likeness (QED) is 0.778. The summed E-state index contributed by atoms with van der Waals surface area (Å²) >= 11 is 1.42. The Labute approximate surface area is 87.5 Å². The smallest absolute Gasteiger partial charge is 0.226 e. The molecule has 5 heteroatoms. The van der Waals surface area contributed by atoms with E-state index in [2.05, 4.69) is 10.3 Å². The van der Waals surface area contributed by atoms with Gasteiger partial charge in [-0.1, -0.05) is 13.3 Å². The van der Waals surface area contributed by atoms with Crippen molar-refractivity contribution in [3.63, 3.8) is 0 Å². The van der Waals surface area contributed by atoms with Crippen LogP contribution in [0.2, 0.25) is 0 Å². The molecule has 1 aromatic heterocycles. The first-order valence-electron chi connectivity index (χ1n) is 4.65. The van der Waals surface area contributed by atoms with Crippen LogP contribution in [0.3, 0.4) is 0 Å². The lowest BCUT2D eigenvalue weighted by Gasteiger charge is -2.10. The number of carbonyl (C=O) groups excluding carboxylic acids is 1. The standard InChI is InChI=1S/C9H15N3OS/c1-2-7(6-10)5-8(13)12-9-11-3-4-14-9/h3-4,7H,2,5-6,10H2,1H3,(H,11,12,13). The van der Waals surface area contributed by atoms with Crippen LogP contribution in [0, 0.1) is 5.92 Å². The Morgan fingerprint density at radius 2 is 2.57 bits per heavy atom. The predicted octanol–water partition coefficient (Wildman–Crippen LogP) is 1.46. The molecule has 3 N–H and O–H groups in total. The topological polar surface area (TPSA) is 68.0 Å². The van der Waals surface area contributed by atoms with Crippen LogP contribution >= 0.6 is 11.3 Å². The molecule has 1 atom stereocenters. The molecule has 1 aromatic rings. The van der Waals surface area contributed by atoms with Gasteiger partial charge in [-0.2, -0.15) is 0 Å². The normalized spacial score (nSPS) is 12.4. The van der Waals surface area contributed by atoms with Crippen molar-refractivity contribution < 1.29 is 4.79 Å². The second-order valence-corrected chi connectivity index (χ2v) is 3.99. The summed E-state index contributed by atoms with van der Waals surface area (Å²) in [6.45, 7) is 2.59. The van der Waals surface area contributed by atoms with Gasteiger partial charge in [-0.25, -0.2) is 4.98 Å². The number of nitrogens with one attached hydrogen (secondary N) is 1. The first-order valence-corrected chi connectivity index (χ1v) is 5.53. The second-order valence-electron chi connectivity index (χ2n) is 3.10. The SMILES string of the molecule is CCC(CN)CC(=O)Nc1nccs1. The Hall–Kier alpha value is -0.940. The van der Waals surface area contributed by atoms with Gasteiger partial charge in [0.1, 0.15) is 0 Å². The third-order valence-corrected chi connectivity index (χ3v) is 2.75. The Balaban J connectivity index is 2.35. The van der Waals surface area contributed by atoms with Crippen molar-refractivity contribution in [1.29, 1.82) is 0 Å². The highest BCUT2D eigenvalue weighted by Crippen LogP contribution is 2.12. The van der Waals surface area contributed by atoms with Crippen LogP contribution in [0.5, 0.6) is 0 Å². The number of rotatable bonds is 5. The number of carbonyl (C=O) groups is 1. The summed E-state index contributed by atoms with van der Waals surface area (Å²) in [5.74, 6) is 0.271. The van der Waals surface area contributed by atoms with E-state index in [4.69, 9.17) is 5.73 Å². The highest BCUT2D eigenvalue weighted by molar-refractivity contribution is 7.13. The van der Waals surface area contributed by atoms with E-state index >= 15 is 0 Å². The molecule has 0 saturated heterocycles. The van der Waals surface area contributed by atoms with Crippen LogP contribution in [0.25, 0.3) is 0 Å². The van der Waals surface area contributed by atoms with E-state index < -0.39 is 0 Å². The molecule has 1 amide bonds. The van der Waals surface area contributed by atoms with E-state index in [0.717, 1.165) is 6.42 Å². The van der Waals surface area contributed by atoms with Crippen LogP contribution in [0.4, 0.5) is 5.13 Å². The van der Waals surface area contributed by atoms with Crippen LogP contribution in [-0.4, -0.2) is 17.4 Å². The molecule has 0 radical (unpaired) electrons. The summed E-state index contributed by atoms with van der Waals surface area (Å²) in [7, 11) is 0. The van der Waals surface area contributed by atoms with E-state index in [-0.39, 0.29) is 11.8 Å². The lowest BCUT2D eigenvalue weighted by atomic mass is 10.0. The third-order valence-electron chi connectivity index (χ3n) is 2.06. The minimum atomic E-state index is -0.00255. The summed E-state index contributed by atoms with van der Waals surface area (Å²) in [6, 6.07) is 0. The van der Waals surface area contributed by atoms with Crippen LogP contribution < -0.4 is 11.1 Å². The molecular formula is C9H15N3OS. The first-order chi connectivity index (χ1) is 6.76. The lowest BCUT2D eigenvalue weighted by Crippen LogP contribution is -2.21. The van der Waals surface area contributed by atoms with Gasteiger partial charge in [0.05, 0.1) is 0 Å². The number of anilines is 1. The van der Waals surface area contributed by atoms with Crippen LogP contribution in [-0.2, 0) is 4.79 Å². The highest BCUT2D eigenvalue weighted by Gasteiger charge is 2.11. The van der Waals surface area contributed by atoms with Crippen molar-refractivity contribution >= 4 is 22.4 Å². The van der Waals surface area contributed by atoms with Gasteiger partial charge in [-0.15, -0.1) is 11.3 Å². The highest BCUT2D eigenvalue weighted by atomic mass is 32.1. The molecule has 0 aromatic carbocycles. The molecule has 1 rings (SSSR count). The zero-order valence-corrected chi connectivity index (χ0v) is 9.01. The van der Waals surface area contributed by atoms with Gasteiger partial charge in [-0.05, 0) is 12.5 Å². The third kappa shape index (κ3) is 3.43. The van der Waals surface area contributed by atoms with Crippen molar-refractivity contribution in [2.45, 2.75) is 19.8 Å². The van der Waals surface area contributed by atoms with Gasteiger partial charge in [-0.3, -0.25) is 4.79 Å². The Morgan fingerprint density at radius 3 is 3.07 bits per heavy atom. The van der Waals surface area contributed by atoms with Gasteiger partial charge in [0, 0.05) is 18.0 Å². The minimum Gasteiger partial charge on any atom is -0.330 e. The maximum absolute atomic E-state index is 11.4. The molecule has 1 unspecified atom stereocenters. The van der Waals surface area contributed by atoms with E-state index in [0.29, 0.717) is 18.1 Å². The summed E-state index contributed by atoms with van der Waals surface area (Å²) in [5.41, 5.74) is 5.51. The van der Waals surface area contributed by atoms with Crippen molar-refractivity contribution in [3.05, 3.63) is 11.6 Å². The number of amides is 1. The van der Waals surface area contributed by atoms with E-state index in [1.54, 1.807) is 6.20 Å². The number of hydrogen-bond acceptors (Lipinski definition) is 4.